The Morgan fingerprint density at radius 1 is 0.913 bits per heavy atom. The van der Waals surface area contributed by atoms with E-state index in [2.05, 4.69) is 31.1 Å². The molecule has 0 heterocycles. The van der Waals surface area contributed by atoms with Crippen LogP contribution in [-0.2, 0) is 14.3 Å². The molecular weight excluding hydrogens is 302 g/mol. The van der Waals surface area contributed by atoms with E-state index < -0.39 is 5.97 Å². The Labute approximate surface area is 139 Å². The lowest BCUT2D eigenvalue weighted by molar-refractivity contribution is -0.136. The Kier molecular flexibility index (Phi) is 39.8. The lowest BCUT2D eigenvalue weighted by Gasteiger charge is -1.91. The monoisotopic (exact) mass is 335 g/mol. The fourth-order valence-electron chi connectivity index (χ4n) is 0.174. The van der Waals surface area contributed by atoms with Crippen molar-refractivity contribution in [2.75, 3.05) is 14.2 Å². The fourth-order valence-corrected chi connectivity index (χ4v) is 0.174. The SMILES string of the molecule is C.C=C(C)C(=C)N.C=C(C)C(=O)O.C=C(C)C(=O)OC.CO.O. The highest BCUT2D eigenvalue weighted by Gasteiger charge is 1.95. The molecule has 0 radical (unpaired) electrons. The highest BCUT2D eigenvalue weighted by molar-refractivity contribution is 5.86. The summed E-state index contributed by atoms with van der Waals surface area (Å²) in [7, 11) is 2.33. The predicted molar refractivity (Wildman–Crippen MR) is 95.9 cm³/mol. The van der Waals surface area contributed by atoms with Crippen LogP contribution in [0.4, 0.5) is 0 Å². The van der Waals surface area contributed by atoms with Gasteiger partial charge in [-0.1, -0.05) is 33.7 Å². The van der Waals surface area contributed by atoms with Gasteiger partial charge in [0.1, 0.15) is 0 Å². The summed E-state index contributed by atoms with van der Waals surface area (Å²) < 4.78 is 4.27. The van der Waals surface area contributed by atoms with Gasteiger partial charge in [-0.15, -0.1) is 0 Å². The number of aliphatic carboxylic acids is 1. The van der Waals surface area contributed by atoms with E-state index in [9.17, 15) is 9.59 Å². The van der Waals surface area contributed by atoms with Crippen molar-refractivity contribution in [3.8, 4) is 0 Å². The molecule has 0 aromatic heterocycles. The minimum Gasteiger partial charge on any atom is -0.478 e. The van der Waals surface area contributed by atoms with Crippen molar-refractivity contribution in [2.24, 2.45) is 5.73 Å². The first kappa shape index (κ1) is 37.1. The van der Waals surface area contributed by atoms with E-state index in [-0.39, 0.29) is 24.4 Å². The lowest BCUT2D eigenvalue weighted by Crippen LogP contribution is -1.98. The second kappa shape index (κ2) is 24.6. The van der Waals surface area contributed by atoms with Crippen molar-refractivity contribution in [3.63, 3.8) is 0 Å². The minimum atomic E-state index is -0.935. The Balaban J connectivity index is -0.0000000430. The molecule has 0 aromatic rings. The standard InChI is InChI=1S/C5H9N.C5H8O2.C4H6O2.CH4O.CH4.H2O/c1-4(2)5(3)6;1-4(2)5(6)7-3;1-3(2)4(5)6;1-2;;/h1,3,6H2,2H3;1H2,2-3H3;1H2,2H3,(H,5,6);2H,1H3;1H4;1H2. The molecule has 138 valence electrons. The van der Waals surface area contributed by atoms with Crippen LogP contribution in [-0.4, -0.2) is 41.8 Å². The first-order valence-electron chi connectivity index (χ1n) is 5.64. The largest absolute Gasteiger partial charge is 0.478 e. The number of rotatable bonds is 3. The molecule has 0 aromatic carbocycles. The second-order valence-electron chi connectivity index (χ2n) is 3.66. The molecule has 0 spiro atoms. The van der Waals surface area contributed by atoms with Gasteiger partial charge in [-0.3, -0.25) is 0 Å². The van der Waals surface area contributed by atoms with Crippen LogP contribution >= 0.6 is 0 Å². The molecule has 7 nitrogen and oxygen atoms in total. The zero-order chi connectivity index (χ0) is 18.2. The number of allylic oxidation sites excluding steroid dienone is 1. The van der Waals surface area contributed by atoms with Gasteiger partial charge in [-0.2, -0.15) is 0 Å². The fraction of sp³-hybridized carbons (Fsp3) is 0.375. The van der Waals surface area contributed by atoms with E-state index in [4.69, 9.17) is 15.9 Å². The van der Waals surface area contributed by atoms with E-state index >= 15 is 0 Å². The zero-order valence-corrected chi connectivity index (χ0v) is 14.0. The first-order valence-corrected chi connectivity index (χ1v) is 5.64. The number of methoxy groups -OCH3 is 1. The van der Waals surface area contributed by atoms with Crippen LogP contribution in [0.5, 0.6) is 0 Å². The first-order chi connectivity index (χ1) is 9.47. The average molecular weight is 335 g/mol. The molecule has 0 saturated carbocycles. The minimum absolute atomic E-state index is 0. The van der Waals surface area contributed by atoms with Crippen LogP contribution in [0.3, 0.4) is 0 Å². The van der Waals surface area contributed by atoms with Crippen molar-refractivity contribution in [1.82, 2.24) is 0 Å². The van der Waals surface area contributed by atoms with Crippen molar-refractivity contribution < 1.29 is 30.0 Å². The maximum atomic E-state index is 10.2. The third-order valence-corrected chi connectivity index (χ3v) is 1.45. The Hall–Kier alpha value is -2.38. The summed E-state index contributed by atoms with van der Waals surface area (Å²) in [6.07, 6.45) is 0. The van der Waals surface area contributed by atoms with Crippen LogP contribution in [0.15, 0.2) is 48.7 Å². The number of hydrogen-bond acceptors (Lipinski definition) is 5. The number of aliphatic hydroxyl groups is 1. The molecular formula is C16H33NO6. The van der Waals surface area contributed by atoms with Gasteiger partial charge >= 0.3 is 11.9 Å². The molecule has 0 fully saturated rings. The Morgan fingerprint density at radius 2 is 1.13 bits per heavy atom. The number of carbonyl (C=O) groups excluding carboxylic acids is 1. The van der Waals surface area contributed by atoms with Crippen molar-refractivity contribution in [1.29, 1.82) is 0 Å². The van der Waals surface area contributed by atoms with E-state index in [0.717, 1.165) is 12.7 Å². The number of esters is 1. The van der Waals surface area contributed by atoms with Crippen LogP contribution in [0, 0.1) is 0 Å². The highest BCUT2D eigenvalue weighted by atomic mass is 16.5. The van der Waals surface area contributed by atoms with Crippen LogP contribution in [0.1, 0.15) is 28.2 Å². The number of nitrogens with two attached hydrogens (primary N) is 1. The van der Waals surface area contributed by atoms with Gasteiger partial charge in [0.25, 0.3) is 0 Å². The summed E-state index contributed by atoms with van der Waals surface area (Å²) >= 11 is 0. The van der Waals surface area contributed by atoms with Crippen molar-refractivity contribution in [2.45, 2.75) is 28.2 Å². The van der Waals surface area contributed by atoms with Gasteiger partial charge in [0.15, 0.2) is 0 Å². The molecule has 0 bridgehead atoms. The van der Waals surface area contributed by atoms with Gasteiger partial charge in [0.05, 0.1) is 7.11 Å². The second-order valence-corrected chi connectivity index (χ2v) is 3.66. The number of carboxylic acids is 1. The third-order valence-electron chi connectivity index (χ3n) is 1.45. The maximum Gasteiger partial charge on any atom is 0.332 e. The van der Waals surface area contributed by atoms with E-state index in [0.29, 0.717) is 11.3 Å². The molecule has 0 aliphatic heterocycles. The summed E-state index contributed by atoms with van der Waals surface area (Å²) in [5.74, 6) is -1.28. The highest BCUT2D eigenvalue weighted by Crippen LogP contribution is 1.91. The van der Waals surface area contributed by atoms with Crippen LogP contribution < -0.4 is 5.73 Å². The summed E-state index contributed by atoms with van der Waals surface area (Å²) in [4.78, 5) is 19.8. The normalized spacial score (nSPS) is 6.52. The van der Waals surface area contributed by atoms with Crippen LogP contribution in [0.2, 0.25) is 0 Å². The van der Waals surface area contributed by atoms with E-state index in [1.807, 2.05) is 6.92 Å². The smallest absolute Gasteiger partial charge is 0.332 e. The van der Waals surface area contributed by atoms with Gasteiger partial charge in [0.2, 0.25) is 0 Å². The summed E-state index contributed by atoms with van der Waals surface area (Å²) in [5, 5.41) is 14.9. The molecule has 0 rings (SSSR count). The van der Waals surface area contributed by atoms with Gasteiger partial charge in [-0.25, -0.2) is 9.59 Å². The lowest BCUT2D eigenvalue weighted by atomic mass is 10.3. The molecule has 0 unspecified atom stereocenters. The van der Waals surface area contributed by atoms with E-state index in [1.165, 1.54) is 14.0 Å². The van der Waals surface area contributed by atoms with Crippen molar-refractivity contribution in [3.05, 3.63) is 48.7 Å². The number of hydrogen-bond donors (Lipinski definition) is 3. The van der Waals surface area contributed by atoms with Crippen LogP contribution in [0.25, 0.3) is 0 Å². The number of carboxylic acid groups (broad SMARTS) is 1. The van der Waals surface area contributed by atoms with Gasteiger partial charge in [0, 0.05) is 24.0 Å². The van der Waals surface area contributed by atoms with E-state index in [1.54, 1.807) is 6.92 Å². The molecule has 0 atom stereocenters. The molecule has 0 saturated heterocycles. The van der Waals surface area contributed by atoms with Crippen molar-refractivity contribution >= 4 is 11.9 Å². The third kappa shape index (κ3) is 45.1. The van der Waals surface area contributed by atoms with Gasteiger partial charge < -0.3 is 26.2 Å². The molecule has 6 N–H and O–H groups in total. The Morgan fingerprint density at radius 3 is 1.13 bits per heavy atom. The topological polar surface area (TPSA) is 141 Å². The zero-order valence-electron chi connectivity index (χ0n) is 14.0. The maximum absolute atomic E-state index is 10.2. The Bertz CT molecular complexity index is 338. The molecule has 0 aliphatic carbocycles. The summed E-state index contributed by atoms with van der Waals surface area (Å²) in [6, 6.07) is 0. The molecule has 23 heavy (non-hydrogen) atoms. The molecule has 0 amide bonds. The molecule has 7 heteroatoms. The number of aliphatic hydroxyl groups excluding tert-OH is 1. The quantitative estimate of drug-likeness (QED) is 0.408. The average Bonchev–Trinajstić information content (AvgIpc) is 2.41. The number of carbonyl (C=O) groups is 2. The number of ether oxygens (including phenoxy) is 1. The van der Waals surface area contributed by atoms with Gasteiger partial charge in [-0.05, 0) is 26.3 Å². The summed E-state index contributed by atoms with van der Waals surface area (Å²) in [6.45, 7) is 18.3. The predicted octanol–water partition coefficient (Wildman–Crippen LogP) is 1.84. The summed E-state index contributed by atoms with van der Waals surface area (Å²) in [5.41, 5.74) is 7.16. The molecule has 0 aliphatic rings.